The number of nitrogens with zero attached hydrogens (tertiary/aromatic N) is 3. The van der Waals surface area contributed by atoms with Gasteiger partial charge in [-0.25, -0.2) is 14.8 Å². The van der Waals surface area contributed by atoms with E-state index in [0.717, 1.165) is 46.3 Å². The van der Waals surface area contributed by atoms with Gasteiger partial charge in [-0.1, -0.05) is 12.1 Å². The first kappa shape index (κ1) is 27.4. The van der Waals surface area contributed by atoms with Crippen molar-refractivity contribution in [1.29, 1.82) is 0 Å². The van der Waals surface area contributed by atoms with Crippen molar-refractivity contribution in [1.82, 2.24) is 14.9 Å². The number of benzene rings is 1. The molecule has 1 aliphatic heterocycles. The number of allylic oxidation sites excluding steroid dienone is 2. The Morgan fingerprint density at radius 1 is 0.974 bits per heavy atom. The van der Waals surface area contributed by atoms with Gasteiger partial charge in [0.05, 0.1) is 11.9 Å². The summed E-state index contributed by atoms with van der Waals surface area (Å²) in [4.78, 5) is 33.7. The maximum atomic E-state index is 12.7. The van der Waals surface area contributed by atoms with E-state index in [9.17, 15) is 22.8 Å². The van der Waals surface area contributed by atoms with Crippen molar-refractivity contribution >= 4 is 40.4 Å². The molecule has 0 saturated carbocycles. The predicted octanol–water partition coefficient (Wildman–Crippen LogP) is 6.16. The van der Waals surface area contributed by atoms with Crippen LogP contribution in [0.5, 0.6) is 0 Å². The van der Waals surface area contributed by atoms with Gasteiger partial charge in [-0.15, -0.1) is 0 Å². The van der Waals surface area contributed by atoms with Crippen molar-refractivity contribution in [3.63, 3.8) is 0 Å². The van der Waals surface area contributed by atoms with E-state index in [-0.39, 0.29) is 17.6 Å². The van der Waals surface area contributed by atoms with Crippen LogP contribution in [0, 0.1) is 6.92 Å². The second kappa shape index (κ2) is 11.0. The van der Waals surface area contributed by atoms with Gasteiger partial charge in [0.25, 0.3) is 0 Å². The molecule has 3 N–H and O–H groups in total. The number of urea groups is 1. The van der Waals surface area contributed by atoms with Gasteiger partial charge in [0.15, 0.2) is 0 Å². The quantitative estimate of drug-likeness (QED) is 0.363. The highest BCUT2D eigenvalue weighted by Gasteiger charge is 2.32. The van der Waals surface area contributed by atoms with Gasteiger partial charge in [-0.3, -0.25) is 4.79 Å². The molecule has 0 bridgehead atoms. The zero-order valence-electron chi connectivity index (χ0n) is 21.7. The molecule has 3 amide bonds. The molecule has 39 heavy (non-hydrogen) atoms. The highest BCUT2D eigenvalue weighted by molar-refractivity contribution is 6.00. The van der Waals surface area contributed by atoms with E-state index in [4.69, 9.17) is 0 Å². The summed E-state index contributed by atoms with van der Waals surface area (Å²) >= 11 is 0. The van der Waals surface area contributed by atoms with Crippen LogP contribution in [-0.2, 0) is 11.0 Å². The van der Waals surface area contributed by atoms with Gasteiger partial charge in [0, 0.05) is 43.2 Å². The first-order valence-corrected chi connectivity index (χ1v) is 12.0. The van der Waals surface area contributed by atoms with E-state index in [1.165, 1.54) is 6.92 Å². The Bertz CT molecular complexity index is 1460. The minimum Gasteiger partial charge on any atom is -0.368 e. The first-order chi connectivity index (χ1) is 18.4. The molecular formula is C28H27F3N6O2. The average Bonchev–Trinajstić information content (AvgIpc) is 2.86. The Balaban J connectivity index is 1.56. The molecule has 2 aromatic heterocycles. The van der Waals surface area contributed by atoms with E-state index in [1.54, 1.807) is 12.3 Å². The molecule has 202 valence electrons. The van der Waals surface area contributed by atoms with Crippen molar-refractivity contribution in [3.8, 4) is 0 Å². The predicted molar refractivity (Wildman–Crippen MR) is 145 cm³/mol. The molecule has 0 aliphatic carbocycles. The molecule has 3 aromatic rings. The summed E-state index contributed by atoms with van der Waals surface area (Å²) in [6.07, 6.45) is 2.18. The molecular weight excluding hydrogens is 509 g/mol. The third-order valence-corrected chi connectivity index (χ3v) is 6.18. The van der Waals surface area contributed by atoms with Crippen molar-refractivity contribution in [2.45, 2.75) is 33.0 Å². The van der Waals surface area contributed by atoms with Gasteiger partial charge >= 0.3 is 12.2 Å². The number of amides is 3. The highest BCUT2D eigenvalue weighted by atomic mass is 19.4. The molecule has 0 fully saturated rings. The number of likely N-dealkylation sites (N-methyl/N-ethyl adjacent to an activating group) is 1. The van der Waals surface area contributed by atoms with Crippen LogP contribution in [-0.4, -0.2) is 39.9 Å². The van der Waals surface area contributed by atoms with E-state index in [1.807, 2.05) is 44.3 Å². The molecule has 4 rings (SSSR count). The minimum absolute atomic E-state index is 0.0452. The van der Waals surface area contributed by atoms with Crippen LogP contribution in [0.25, 0.3) is 11.3 Å². The highest BCUT2D eigenvalue weighted by Crippen LogP contribution is 2.34. The fraction of sp³-hybridized carbons (Fsp3) is 0.214. The van der Waals surface area contributed by atoms with Crippen LogP contribution in [0.3, 0.4) is 0 Å². The Kier molecular flexibility index (Phi) is 7.70. The second-order valence-corrected chi connectivity index (χ2v) is 9.15. The molecule has 1 unspecified atom stereocenters. The number of rotatable bonds is 5. The van der Waals surface area contributed by atoms with Crippen molar-refractivity contribution < 1.29 is 22.8 Å². The number of alkyl halides is 3. The molecule has 0 saturated heterocycles. The maximum absolute atomic E-state index is 12.7. The smallest absolute Gasteiger partial charge is 0.368 e. The summed E-state index contributed by atoms with van der Waals surface area (Å²) in [5.41, 5.74) is 4.24. The molecule has 1 atom stereocenters. The lowest BCUT2D eigenvalue weighted by molar-refractivity contribution is -0.141. The Labute approximate surface area is 223 Å². The molecule has 1 aliphatic rings. The van der Waals surface area contributed by atoms with E-state index < -0.39 is 17.9 Å². The normalized spacial score (nSPS) is 15.3. The number of anilines is 3. The molecule has 11 heteroatoms. The van der Waals surface area contributed by atoms with Gasteiger partial charge < -0.3 is 20.9 Å². The monoisotopic (exact) mass is 536 g/mol. The minimum atomic E-state index is -4.56. The molecule has 1 aromatic carbocycles. The fourth-order valence-electron chi connectivity index (χ4n) is 4.12. The number of hydrogen-bond donors (Lipinski definition) is 3. The topological polar surface area (TPSA) is 99.2 Å². The van der Waals surface area contributed by atoms with Crippen LogP contribution in [0.2, 0.25) is 0 Å². The lowest BCUT2D eigenvalue weighted by atomic mass is 9.93. The average molecular weight is 537 g/mol. The number of carbonyl (C=O) groups is 2. The lowest BCUT2D eigenvalue weighted by Gasteiger charge is -2.32. The number of aromatic nitrogens is 2. The van der Waals surface area contributed by atoms with Gasteiger partial charge in [0.1, 0.15) is 11.5 Å². The van der Waals surface area contributed by atoms with Crippen LogP contribution < -0.4 is 16.0 Å². The van der Waals surface area contributed by atoms with E-state index in [0.29, 0.717) is 11.5 Å². The SMILES string of the molecule is CC(=O)Nc1cc(C2=CC(c3cc(NC(=O)Nc4ccc(C(F)(F)F)nc4)ccc3C)=CC(C)N2C)ccn1. The van der Waals surface area contributed by atoms with Crippen LogP contribution in [0.15, 0.2) is 67.0 Å². The van der Waals surface area contributed by atoms with Crippen molar-refractivity contribution in [2.75, 3.05) is 23.0 Å². The van der Waals surface area contributed by atoms with E-state index >= 15 is 0 Å². The standard InChI is InChI=1S/C28H27F3N6O2/c1-16-5-6-21(35-27(39)36-22-7-8-25(33-15-22)28(29,30)31)14-23(16)20-11-17(2)37(4)24(12-20)19-9-10-32-26(13-19)34-18(3)38/h5-15,17H,1-4H3,(H,32,34,38)(H2,35,36,39). The summed E-state index contributed by atoms with van der Waals surface area (Å²) in [6, 6.07) is 10.5. The van der Waals surface area contributed by atoms with E-state index in [2.05, 4.69) is 43.8 Å². The largest absolute Gasteiger partial charge is 0.433 e. The van der Waals surface area contributed by atoms with Gasteiger partial charge in [-0.05, 0) is 73.0 Å². The summed E-state index contributed by atoms with van der Waals surface area (Å²) in [6.45, 7) is 5.45. The zero-order valence-corrected chi connectivity index (χ0v) is 21.7. The zero-order chi connectivity index (χ0) is 28.3. The number of aryl methyl sites for hydroxylation is 1. The Morgan fingerprint density at radius 2 is 1.69 bits per heavy atom. The molecule has 0 spiro atoms. The van der Waals surface area contributed by atoms with Crippen LogP contribution >= 0.6 is 0 Å². The fourth-order valence-corrected chi connectivity index (χ4v) is 4.12. The number of hydrogen-bond acceptors (Lipinski definition) is 5. The lowest BCUT2D eigenvalue weighted by Crippen LogP contribution is -2.28. The summed E-state index contributed by atoms with van der Waals surface area (Å²) in [7, 11) is 1.98. The van der Waals surface area contributed by atoms with Crippen molar-refractivity contribution in [3.05, 3.63) is 89.4 Å². The number of pyridine rings is 2. The number of carbonyl (C=O) groups excluding carboxylic acids is 2. The maximum Gasteiger partial charge on any atom is 0.433 e. The molecule has 0 radical (unpaired) electrons. The second-order valence-electron chi connectivity index (χ2n) is 9.15. The molecule has 8 nitrogen and oxygen atoms in total. The molecule has 3 heterocycles. The third-order valence-electron chi connectivity index (χ3n) is 6.18. The Morgan fingerprint density at radius 3 is 2.36 bits per heavy atom. The van der Waals surface area contributed by atoms with Crippen LogP contribution in [0.1, 0.15) is 36.2 Å². The summed E-state index contributed by atoms with van der Waals surface area (Å²) in [5, 5.41) is 7.92. The van der Waals surface area contributed by atoms with Crippen molar-refractivity contribution in [2.24, 2.45) is 0 Å². The summed E-state index contributed by atoms with van der Waals surface area (Å²) < 4.78 is 38.2. The Hall–Kier alpha value is -4.67. The van der Waals surface area contributed by atoms with Gasteiger partial charge in [-0.2, -0.15) is 13.2 Å². The number of halogens is 3. The first-order valence-electron chi connectivity index (χ1n) is 12.0. The summed E-state index contributed by atoms with van der Waals surface area (Å²) in [5.74, 6) is 0.243. The van der Waals surface area contributed by atoms with Crippen LogP contribution in [0.4, 0.5) is 35.2 Å². The number of nitrogens with one attached hydrogen (secondary N) is 3. The third kappa shape index (κ3) is 6.61. The van der Waals surface area contributed by atoms with Gasteiger partial charge in [0.2, 0.25) is 5.91 Å².